The van der Waals surface area contributed by atoms with Gasteiger partial charge in [0.2, 0.25) is 0 Å². The number of carbonyl (C=O) groups excluding carboxylic acids is 1. The predicted octanol–water partition coefficient (Wildman–Crippen LogP) is 3.11. The normalized spacial score (nSPS) is 10.4. The first-order valence-electron chi connectivity index (χ1n) is 5.64. The smallest absolute Gasteiger partial charge is 0.169 e. The number of pyridine rings is 2. The van der Waals surface area contributed by atoms with Crippen LogP contribution in [0.25, 0.3) is 22.0 Å². The number of hydrogen-bond acceptors (Lipinski definition) is 3. The Balaban J connectivity index is 2.35. The molecule has 2 heterocycles. The van der Waals surface area contributed by atoms with E-state index >= 15 is 0 Å². The summed E-state index contributed by atoms with van der Waals surface area (Å²) in [7, 11) is 0. The van der Waals surface area contributed by atoms with Crippen LogP contribution in [0.3, 0.4) is 0 Å². The molecule has 0 saturated heterocycles. The molecular formula is C15H10N2O. The molecule has 0 N–H and O–H groups in total. The van der Waals surface area contributed by atoms with Gasteiger partial charge in [-0.05, 0) is 12.1 Å². The number of aldehydes is 1. The molecule has 2 aromatic heterocycles. The second-order valence-electron chi connectivity index (χ2n) is 3.93. The summed E-state index contributed by atoms with van der Waals surface area (Å²) in [6, 6.07) is 13.5. The first-order chi connectivity index (χ1) is 8.90. The van der Waals surface area contributed by atoms with Gasteiger partial charge in [0.15, 0.2) is 6.29 Å². The zero-order chi connectivity index (χ0) is 12.4. The minimum absolute atomic E-state index is 0.440. The molecule has 0 fully saturated rings. The van der Waals surface area contributed by atoms with Crippen molar-refractivity contribution in [1.29, 1.82) is 0 Å². The van der Waals surface area contributed by atoms with Gasteiger partial charge in [-0.2, -0.15) is 0 Å². The molecule has 0 aliphatic rings. The summed E-state index contributed by atoms with van der Waals surface area (Å²) in [5, 5.41) is 1.05. The molecule has 0 spiro atoms. The Kier molecular flexibility index (Phi) is 2.57. The molecule has 3 rings (SSSR count). The van der Waals surface area contributed by atoms with E-state index in [0.717, 1.165) is 28.3 Å². The van der Waals surface area contributed by atoms with Crippen molar-refractivity contribution in [2.45, 2.75) is 0 Å². The molecule has 0 aliphatic heterocycles. The summed E-state index contributed by atoms with van der Waals surface area (Å²) in [5.41, 5.74) is 3.08. The summed E-state index contributed by atoms with van der Waals surface area (Å²) < 4.78 is 0. The lowest BCUT2D eigenvalue weighted by Crippen LogP contribution is -1.92. The van der Waals surface area contributed by atoms with E-state index in [1.165, 1.54) is 0 Å². The van der Waals surface area contributed by atoms with Gasteiger partial charge in [-0.1, -0.05) is 30.3 Å². The van der Waals surface area contributed by atoms with Gasteiger partial charge in [-0.15, -0.1) is 0 Å². The van der Waals surface area contributed by atoms with Crippen molar-refractivity contribution in [3.05, 3.63) is 60.6 Å². The maximum absolute atomic E-state index is 11.1. The molecule has 1 aromatic carbocycles. The monoisotopic (exact) mass is 234 g/mol. The standard InChI is InChI=1S/C15H10N2O/c18-10-14-12(7-3-8-16-14)13-6-1-4-11-5-2-9-17-15(11)13/h1-10H. The molecule has 3 nitrogen and oxygen atoms in total. The number of para-hydroxylation sites is 1. The Bertz CT molecular complexity index is 717. The highest BCUT2D eigenvalue weighted by Gasteiger charge is 2.09. The fourth-order valence-electron chi connectivity index (χ4n) is 2.06. The van der Waals surface area contributed by atoms with Crippen molar-refractivity contribution < 1.29 is 4.79 Å². The Morgan fingerprint density at radius 3 is 2.44 bits per heavy atom. The Labute approximate surface area is 104 Å². The number of rotatable bonds is 2. The van der Waals surface area contributed by atoms with E-state index in [2.05, 4.69) is 9.97 Å². The van der Waals surface area contributed by atoms with Crippen molar-refractivity contribution >= 4 is 17.2 Å². The molecular weight excluding hydrogens is 224 g/mol. The molecule has 0 aliphatic carbocycles. The van der Waals surface area contributed by atoms with Crippen LogP contribution in [0.1, 0.15) is 10.5 Å². The quantitative estimate of drug-likeness (QED) is 0.640. The van der Waals surface area contributed by atoms with Crippen molar-refractivity contribution in [2.75, 3.05) is 0 Å². The number of carbonyl (C=O) groups is 1. The van der Waals surface area contributed by atoms with Crippen LogP contribution in [0.5, 0.6) is 0 Å². The third kappa shape index (κ3) is 1.66. The van der Waals surface area contributed by atoms with Crippen LogP contribution in [0.2, 0.25) is 0 Å². The zero-order valence-corrected chi connectivity index (χ0v) is 9.58. The zero-order valence-electron chi connectivity index (χ0n) is 9.58. The SMILES string of the molecule is O=Cc1ncccc1-c1cccc2cccnc12. The summed E-state index contributed by atoms with van der Waals surface area (Å²) >= 11 is 0. The van der Waals surface area contributed by atoms with E-state index in [4.69, 9.17) is 0 Å². The van der Waals surface area contributed by atoms with Crippen molar-refractivity contribution in [3.8, 4) is 11.1 Å². The molecule has 0 atom stereocenters. The number of aromatic nitrogens is 2. The predicted molar refractivity (Wildman–Crippen MR) is 70.4 cm³/mol. The molecule has 0 saturated carbocycles. The van der Waals surface area contributed by atoms with Crippen LogP contribution >= 0.6 is 0 Å². The fraction of sp³-hybridized carbons (Fsp3) is 0. The van der Waals surface area contributed by atoms with Crippen LogP contribution < -0.4 is 0 Å². The van der Waals surface area contributed by atoms with Crippen molar-refractivity contribution in [3.63, 3.8) is 0 Å². The Morgan fingerprint density at radius 1 is 0.833 bits per heavy atom. The number of hydrogen-bond donors (Lipinski definition) is 0. The van der Waals surface area contributed by atoms with Crippen LogP contribution in [0.15, 0.2) is 54.9 Å². The highest BCUT2D eigenvalue weighted by molar-refractivity contribution is 5.97. The van der Waals surface area contributed by atoms with Crippen LogP contribution in [0, 0.1) is 0 Å². The van der Waals surface area contributed by atoms with E-state index in [-0.39, 0.29) is 0 Å². The van der Waals surface area contributed by atoms with E-state index in [9.17, 15) is 4.79 Å². The number of nitrogens with zero attached hydrogens (tertiary/aromatic N) is 2. The lowest BCUT2D eigenvalue weighted by Gasteiger charge is -2.07. The van der Waals surface area contributed by atoms with Gasteiger partial charge < -0.3 is 0 Å². The molecule has 0 bridgehead atoms. The summed E-state index contributed by atoms with van der Waals surface area (Å²) in [5.74, 6) is 0. The van der Waals surface area contributed by atoms with Gasteiger partial charge in [-0.25, -0.2) is 0 Å². The van der Waals surface area contributed by atoms with Gasteiger partial charge in [0.25, 0.3) is 0 Å². The van der Waals surface area contributed by atoms with Crippen molar-refractivity contribution in [1.82, 2.24) is 9.97 Å². The maximum Gasteiger partial charge on any atom is 0.169 e. The second-order valence-corrected chi connectivity index (χ2v) is 3.93. The molecule has 3 aromatic rings. The van der Waals surface area contributed by atoms with E-state index in [1.807, 2.05) is 42.5 Å². The van der Waals surface area contributed by atoms with Crippen LogP contribution in [0.4, 0.5) is 0 Å². The van der Waals surface area contributed by atoms with Gasteiger partial charge in [-0.3, -0.25) is 14.8 Å². The molecule has 3 heteroatoms. The first-order valence-corrected chi connectivity index (χ1v) is 5.64. The lowest BCUT2D eigenvalue weighted by atomic mass is 10.0. The molecule has 86 valence electrons. The maximum atomic E-state index is 11.1. The average molecular weight is 234 g/mol. The third-order valence-electron chi connectivity index (χ3n) is 2.87. The lowest BCUT2D eigenvalue weighted by molar-refractivity contribution is 0.111. The fourth-order valence-corrected chi connectivity index (χ4v) is 2.06. The Morgan fingerprint density at radius 2 is 1.56 bits per heavy atom. The van der Waals surface area contributed by atoms with E-state index in [1.54, 1.807) is 12.4 Å². The molecule has 0 radical (unpaired) electrons. The second kappa shape index (κ2) is 4.37. The average Bonchev–Trinajstić information content (AvgIpc) is 2.46. The van der Waals surface area contributed by atoms with E-state index in [0.29, 0.717) is 5.69 Å². The minimum atomic E-state index is 0.440. The van der Waals surface area contributed by atoms with E-state index < -0.39 is 0 Å². The molecule has 0 amide bonds. The third-order valence-corrected chi connectivity index (χ3v) is 2.87. The van der Waals surface area contributed by atoms with Gasteiger partial charge in [0, 0.05) is 28.9 Å². The molecule has 0 unspecified atom stereocenters. The van der Waals surface area contributed by atoms with Crippen molar-refractivity contribution in [2.24, 2.45) is 0 Å². The number of fused-ring (bicyclic) bond motifs is 1. The van der Waals surface area contributed by atoms with Gasteiger partial charge in [0.1, 0.15) is 5.69 Å². The molecule has 18 heavy (non-hydrogen) atoms. The van der Waals surface area contributed by atoms with Crippen LogP contribution in [-0.2, 0) is 0 Å². The summed E-state index contributed by atoms with van der Waals surface area (Å²) in [6.45, 7) is 0. The summed E-state index contributed by atoms with van der Waals surface area (Å²) in [4.78, 5) is 19.5. The Hall–Kier alpha value is -2.55. The highest BCUT2D eigenvalue weighted by atomic mass is 16.1. The minimum Gasteiger partial charge on any atom is -0.296 e. The van der Waals surface area contributed by atoms with Crippen LogP contribution in [-0.4, -0.2) is 16.3 Å². The topological polar surface area (TPSA) is 42.9 Å². The highest BCUT2D eigenvalue weighted by Crippen LogP contribution is 2.27. The van der Waals surface area contributed by atoms with Gasteiger partial charge in [0.05, 0.1) is 5.52 Å². The van der Waals surface area contributed by atoms with Gasteiger partial charge >= 0.3 is 0 Å². The summed E-state index contributed by atoms with van der Waals surface area (Å²) in [6.07, 6.45) is 4.14. The number of benzene rings is 1. The first kappa shape index (κ1) is 10.6. The largest absolute Gasteiger partial charge is 0.296 e.